The molecule has 10 nitrogen and oxygen atoms in total. The highest BCUT2D eigenvalue weighted by molar-refractivity contribution is 7.85. The molecule has 3 N–H and O–H groups in total. The van der Waals surface area contributed by atoms with E-state index in [2.05, 4.69) is 34.4 Å². The van der Waals surface area contributed by atoms with Gasteiger partial charge in [0.25, 0.3) is 0 Å². The maximum atomic E-state index is 10.1. The first-order valence-electron chi connectivity index (χ1n) is 12.8. The second kappa shape index (κ2) is 27.5. The number of nitrogens with one attached hydrogen (secondary N) is 2. The zero-order chi connectivity index (χ0) is 27.5. The lowest BCUT2D eigenvalue weighted by molar-refractivity contribution is -0.138. The van der Waals surface area contributed by atoms with Crippen LogP contribution in [0.4, 0.5) is 0 Å². The maximum Gasteiger partial charge on any atom is 0.303 e. The average molecular weight is 526 g/mol. The van der Waals surface area contributed by atoms with Gasteiger partial charge in [-0.1, -0.05) is 20.3 Å². The SMILES string of the molecule is CC(=O)CCC(=O)O.CCCCS(=O)(=O)[O-].CCN(CCCCN(C)CCCNC)CCCNC. The number of rotatable bonds is 20. The number of hydrogen-bond acceptors (Lipinski definition) is 9. The number of carbonyl (C=O) groups is 2. The molecule has 11 heteroatoms. The van der Waals surface area contributed by atoms with E-state index >= 15 is 0 Å². The van der Waals surface area contributed by atoms with Crippen LogP contribution in [-0.2, 0) is 19.7 Å². The van der Waals surface area contributed by atoms with Crippen molar-refractivity contribution in [1.82, 2.24) is 20.4 Å². The molecule has 0 saturated carbocycles. The third-order valence-corrected chi connectivity index (χ3v) is 5.81. The Bertz CT molecular complexity index is 577. The molecule has 0 radical (unpaired) electrons. The molecule has 0 spiro atoms. The molecule has 0 atom stereocenters. The van der Waals surface area contributed by atoms with Gasteiger partial charge in [-0.05, 0) is 106 Å². The van der Waals surface area contributed by atoms with Gasteiger partial charge in [-0.25, -0.2) is 8.42 Å². The van der Waals surface area contributed by atoms with Crippen LogP contribution in [-0.4, -0.2) is 112 Å². The smallest absolute Gasteiger partial charge is 0.303 e. The lowest BCUT2D eigenvalue weighted by atomic mass is 10.2. The molecule has 0 fully saturated rings. The highest BCUT2D eigenvalue weighted by atomic mass is 32.2. The fourth-order valence-electron chi connectivity index (χ4n) is 2.87. The first-order valence-corrected chi connectivity index (χ1v) is 14.4. The number of unbranched alkanes of at least 4 members (excludes halogenated alkanes) is 2. The van der Waals surface area contributed by atoms with Crippen LogP contribution in [0.3, 0.4) is 0 Å². The van der Waals surface area contributed by atoms with Crippen molar-refractivity contribution in [3.8, 4) is 0 Å². The molecule has 0 aliphatic rings. The van der Waals surface area contributed by atoms with E-state index in [9.17, 15) is 22.6 Å². The molecule has 0 heterocycles. The Labute approximate surface area is 215 Å². The standard InChI is InChI=1S/C15H36N4.C5H8O3.C4H10O3S/c1-5-19(15-9-11-17-3)14-7-6-12-18(4)13-8-10-16-2;1-4(6)2-3-5(7)8;1-2-3-4-8(5,6)7/h16-17H,5-15H2,1-4H3;2-3H2,1H3,(H,7,8);2-4H2,1H3,(H,5,6,7)/p-1. The molecule has 0 saturated heterocycles. The predicted molar refractivity (Wildman–Crippen MR) is 143 cm³/mol. The van der Waals surface area contributed by atoms with E-state index in [0.717, 1.165) is 19.5 Å². The van der Waals surface area contributed by atoms with Crippen molar-refractivity contribution in [2.75, 3.05) is 72.7 Å². The van der Waals surface area contributed by atoms with Gasteiger partial charge in [0.1, 0.15) is 5.78 Å². The summed E-state index contributed by atoms with van der Waals surface area (Å²) in [6, 6.07) is 0. The number of aliphatic carboxylic acids is 1. The summed E-state index contributed by atoms with van der Waals surface area (Å²) in [5, 5.41) is 14.4. The Morgan fingerprint density at radius 1 is 0.857 bits per heavy atom. The Morgan fingerprint density at radius 3 is 1.71 bits per heavy atom. The van der Waals surface area contributed by atoms with Crippen molar-refractivity contribution in [3.63, 3.8) is 0 Å². The third kappa shape index (κ3) is 40.3. The molecule has 0 unspecified atom stereocenters. The van der Waals surface area contributed by atoms with Crippen molar-refractivity contribution in [2.24, 2.45) is 0 Å². The van der Waals surface area contributed by atoms with Gasteiger partial charge in [-0.2, -0.15) is 0 Å². The second-order valence-corrected chi connectivity index (χ2v) is 10.1. The molecule has 0 aromatic rings. The van der Waals surface area contributed by atoms with E-state index in [1.165, 1.54) is 65.3 Å². The highest BCUT2D eigenvalue weighted by Crippen LogP contribution is 1.99. The first kappa shape index (κ1) is 38.4. The Morgan fingerprint density at radius 2 is 1.34 bits per heavy atom. The van der Waals surface area contributed by atoms with Gasteiger partial charge in [-0.3, -0.25) is 4.79 Å². The van der Waals surface area contributed by atoms with E-state index in [1.807, 2.05) is 21.0 Å². The van der Waals surface area contributed by atoms with Crippen molar-refractivity contribution in [3.05, 3.63) is 0 Å². The Kier molecular flexibility index (Phi) is 30.2. The molecule has 0 aliphatic carbocycles. The topological polar surface area (TPSA) is 142 Å². The van der Waals surface area contributed by atoms with Gasteiger partial charge in [0.15, 0.2) is 0 Å². The Hall–Kier alpha value is -1.11. The summed E-state index contributed by atoms with van der Waals surface area (Å²) in [6.07, 6.45) is 6.48. The summed E-state index contributed by atoms with van der Waals surface area (Å²) < 4.78 is 29.5. The molecule has 212 valence electrons. The second-order valence-electron chi connectivity index (χ2n) is 8.57. The average Bonchev–Trinajstić information content (AvgIpc) is 2.78. The van der Waals surface area contributed by atoms with Gasteiger partial charge in [0, 0.05) is 12.2 Å². The minimum Gasteiger partial charge on any atom is -0.748 e. The molecular weight excluding hydrogens is 472 g/mol. The van der Waals surface area contributed by atoms with Crippen molar-refractivity contribution in [1.29, 1.82) is 0 Å². The fourth-order valence-corrected chi connectivity index (χ4v) is 3.51. The van der Waals surface area contributed by atoms with Crippen LogP contribution in [0, 0.1) is 0 Å². The molecule has 35 heavy (non-hydrogen) atoms. The maximum absolute atomic E-state index is 10.1. The van der Waals surface area contributed by atoms with Crippen LogP contribution in [0.25, 0.3) is 0 Å². The Balaban J connectivity index is -0.000000526. The van der Waals surface area contributed by atoms with E-state index < -0.39 is 16.1 Å². The minimum absolute atomic E-state index is 0.0463. The van der Waals surface area contributed by atoms with Gasteiger partial charge < -0.3 is 34.9 Å². The van der Waals surface area contributed by atoms with E-state index in [-0.39, 0.29) is 24.4 Å². The van der Waals surface area contributed by atoms with Gasteiger partial charge in [0.05, 0.1) is 16.5 Å². The highest BCUT2D eigenvalue weighted by Gasteiger charge is 2.03. The number of carboxylic acid groups (broad SMARTS) is 1. The molecule has 0 rings (SSSR count). The molecular formula is C24H53N4O6S-. The number of nitrogens with zero attached hydrogens (tertiary/aromatic N) is 2. The number of carboxylic acids is 1. The molecule has 0 amide bonds. The number of carbonyl (C=O) groups excluding carboxylic acids is 1. The molecule has 0 bridgehead atoms. The van der Waals surface area contributed by atoms with Crippen molar-refractivity contribution >= 4 is 21.9 Å². The quantitative estimate of drug-likeness (QED) is 0.160. The van der Waals surface area contributed by atoms with Crippen LogP contribution in [0.15, 0.2) is 0 Å². The summed E-state index contributed by atoms with van der Waals surface area (Å²) in [6.45, 7) is 13.8. The van der Waals surface area contributed by atoms with Gasteiger partial charge in [0.2, 0.25) is 0 Å². The minimum atomic E-state index is -3.94. The summed E-state index contributed by atoms with van der Waals surface area (Å²) in [4.78, 5) is 24.9. The van der Waals surface area contributed by atoms with Gasteiger partial charge in [-0.15, -0.1) is 0 Å². The van der Waals surface area contributed by atoms with Crippen LogP contribution in [0.5, 0.6) is 0 Å². The monoisotopic (exact) mass is 525 g/mol. The van der Waals surface area contributed by atoms with E-state index in [4.69, 9.17) is 5.11 Å². The lowest BCUT2D eigenvalue weighted by Crippen LogP contribution is -2.29. The first-order chi connectivity index (χ1) is 16.4. The third-order valence-electron chi connectivity index (χ3n) is 5.02. The normalized spacial score (nSPS) is 11.0. The van der Waals surface area contributed by atoms with Crippen molar-refractivity contribution in [2.45, 2.75) is 72.1 Å². The fraction of sp³-hybridized carbons (Fsp3) is 0.917. The summed E-state index contributed by atoms with van der Waals surface area (Å²) in [5.74, 6) is -1.21. The molecule has 0 aromatic heterocycles. The van der Waals surface area contributed by atoms with E-state index in [1.54, 1.807) is 0 Å². The number of ketones is 1. The zero-order valence-corrected chi connectivity index (χ0v) is 23.9. The van der Waals surface area contributed by atoms with Crippen LogP contribution in [0.2, 0.25) is 0 Å². The number of hydrogen-bond donors (Lipinski definition) is 3. The molecule has 0 aliphatic heterocycles. The van der Waals surface area contributed by atoms with Crippen molar-refractivity contribution < 1.29 is 27.7 Å². The lowest BCUT2D eigenvalue weighted by Gasteiger charge is -2.21. The van der Waals surface area contributed by atoms with Crippen LogP contribution >= 0.6 is 0 Å². The predicted octanol–water partition coefficient (Wildman–Crippen LogP) is 2.01. The van der Waals surface area contributed by atoms with Crippen LogP contribution in [0.1, 0.15) is 72.1 Å². The summed E-state index contributed by atoms with van der Waals surface area (Å²) >= 11 is 0. The zero-order valence-electron chi connectivity index (χ0n) is 23.1. The molecule has 0 aromatic carbocycles. The van der Waals surface area contributed by atoms with E-state index in [0.29, 0.717) is 6.42 Å². The summed E-state index contributed by atoms with van der Waals surface area (Å²) in [7, 11) is 2.35. The number of Topliss-reactive ketones (excluding diaryl/α,β-unsaturated/α-hetero) is 1. The largest absolute Gasteiger partial charge is 0.748 e. The van der Waals surface area contributed by atoms with Crippen LogP contribution < -0.4 is 10.6 Å². The van der Waals surface area contributed by atoms with Gasteiger partial charge >= 0.3 is 5.97 Å². The summed E-state index contributed by atoms with van der Waals surface area (Å²) in [5.41, 5.74) is 0.